The zero-order valence-corrected chi connectivity index (χ0v) is 18.3. The van der Waals surface area contributed by atoms with Gasteiger partial charge in [0.05, 0.1) is 11.9 Å². The maximum atomic E-state index is 12.4. The third-order valence-corrected chi connectivity index (χ3v) is 6.39. The number of halogens is 1. The van der Waals surface area contributed by atoms with Gasteiger partial charge in [0.25, 0.3) is 0 Å². The molecule has 10 heteroatoms. The molecule has 0 bridgehead atoms. The zero-order chi connectivity index (χ0) is 20.1. The number of nitrogens with zero attached hydrogens (tertiary/aromatic N) is 5. The lowest BCUT2D eigenvalue weighted by molar-refractivity contribution is 0.0803. The summed E-state index contributed by atoms with van der Waals surface area (Å²) in [5, 5.41) is 0.168. The predicted molar refractivity (Wildman–Crippen MR) is 109 cm³/mol. The van der Waals surface area contributed by atoms with Crippen molar-refractivity contribution in [2.75, 3.05) is 19.7 Å². The third kappa shape index (κ3) is 5.52. The van der Waals surface area contributed by atoms with Crippen LogP contribution in [0.4, 0.5) is 4.79 Å². The fourth-order valence-electron chi connectivity index (χ4n) is 2.82. The first-order valence-electron chi connectivity index (χ1n) is 9.41. The molecule has 2 aromatic rings. The molecule has 1 amide bonds. The summed E-state index contributed by atoms with van der Waals surface area (Å²) in [6.07, 6.45) is 6.45. The van der Waals surface area contributed by atoms with Gasteiger partial charge in [0, 0.05) is 45.7 Å². The summed E-state index contributed by atoms with van der Waals surface area (Å²) in [6, 6.07) is 1.25. The molecular weight excluding hydrogens is 398 g/mol. The number of amides is 1. The van der Waals surface area contributed by atoms with Gasteiger partial charge in [-0.05, 0) is 30.5 Å². The minimum atomic E-state index is -1.20. The van der Waals surface area contributed by atoms with E-state index in [1.807, 2.05) is 0 Å². The second-order valence-corrected chi connectivity index (χ2v) is 14.0. The van der Waals surface area contributed by atoms with Crippen LogP contribution in [0, 0.1) is 0 Å². The molecule has 1 aliphatic rings. The molecule has 0 radical (unpaired) electrons. The van der Waals surface area contributed by atoms with Crippen LogP contribution in [0.1, 0.15) is 12.8 Å². The van der Waals surface area contributed by atoms with Crippen LogP contribution in [-0.2, 0) is 11.5 Å². The lowest BCUT2D eigenvalue weighted by Gasteiger charge is -2.18. The highest BCUT2D eigenvalue weighted by Gasteiger charge is 2.23. The Morgan fingerprint density at radius 3 is 2.46 bits per heavy atom. The van der Waals surface area contributed by atoms with Gasteiger partial charge in [-0.15, -0.1) is 0 Å². The summed E-state index contributed by atoms with van der Waals surface area (Å²) in [7, 11) is -1.20. The zero-order valence-electron chi connectivity index (χ0n) is 16.5. The summed E-state index contributed by atoms with van der Waals surface area (Å²) in [4.78, 5) is 26.4. The van der Waals surface area contributed by atoms with E-state index in [0.29, 0.717) is 31.0 Å². The van der Waals surface area contributed by atoms with Crippen LogP contribution in [0.5, 0.6) is 6.01 Å². The van der Waals surface area contributed by atoms with Gasteiger partial charge < -0.3 is 14.4 Å². The predicted octanol–water partition coefficient (Wildman–Crippen LogP) is 3.90. The fourth-order valence-corrected chi connectivity index (χ4v) is 3.67. The number of rotatable bonds is 7. The molecule has 0 aliphatic carbocycles. The molecule has 3 rings (SSSR count). The molecule has 8 nitrogen and oxygen atoms in total. The van der Waals surface area contributed by atoms with Gasteiger partial charge in [-0.3, -0.25) is 4.57 Å². The maximum Gasteiger partial charge on any atom is 0.417 e. The van der Waals surface area contributed by atoms with Crippen molar-refractivity contribution in [1.82, 2.24) is 24.4 Å². The lowest BCUT2D eigenvalue weighted by Crippen LogP contribution is -2.31. The van der Waals surface area contributed by atoms with E-state index >= 15 is 0 Å². The first-order valence-corrected chi connectivity index (χ1v) is 13.5. The number of carbonyl (C=O) groups excluding carboxylic acids is 1. The number of aromatic nitrogens is 4. The second-order valence-electron chi connectivity index (χ2n) is 8.00. The highest BCUT2D eigenvalue weighted by atomic mass is 35.5. The highest BCUT2D eigenvalue weighted by molar-refractivity contribution is 6.76. The van der Waals surface area contributed by atoms with Crippen molar-refractivity contribution < 1.29 is 14.3 Å². The summed E-state index contributed by atoms with van der Waals surface area (Å²) in [5.41, 5.74) is 1.42. The Labute approximate surface area is 170 Å². The summed E-state index contributed by atoms with van der Waals surface area (Å²) >= 11 is 5.79. The van der Waals surface area contributed by atoms with E-state index in [1.54, 1.807) is 28.1 Å². The molecule has 0 saturated carbocycles. The molecule has 0 unspecified atom stereocenters. The van der Waals surface area contributed by atoms with Gasteiger partial charge in [0.1, 0.15) is 6.73 Å². The minimum absolute atomic E-state index is 0.168. The van der Waals surface area contributed by atoms with Gasteiger partial charge in [-0.1, -0.05) is 19.6 Å². The molecule has 0 aromatic carbocycles. The quantitative estimate of drug-likeness (QED) is 0.381. The number of imidazole rings is 1. The van der Waals surface area contributed by atoms with Gasteiger partial charge in [-0.25, -0.2) is 19.7 Å². The molecule has 152 valence electrons. The van der Waals surface area contributed by atoms with Crippen LogP contribution in [0.2, 0.25) is 31.0 Å². The molecule has 0 N–H and O–H groups in total. The first kappa shape index (κ1) is 20.8. The van der Waals surface area contributed by atoms with Crippen LogP contribution in [0.3, 0.4) is 0 Å². The summed E-state index contributed by atoms with van der Waals surface area (Å²) in [5.74, 6) is 0. The molecule has 0 atom stereocenters. The molecule has 1 saturated heterocycles. The van der Waals surface area contributed by atoms with E-state index in [4.69, 9.17) is 21.1 Å². The fraction of sp³-hybridized carbons (Fsp3) is 0.556. The molecule has 1 fully saturated rings. The monoisotopic (exact) mass is 423 g/mol. The molecule has 2 aromatic heterocycles. The molecular formula is C18H26ClN5O3Si. The molecule has 0 spiro atoms. The highest BCUT2D eigenvalue weighted by Crippen LogP contribution is 2.25. The lowest BCUT2D eigenvalue weighted by atomic mass is 10.2. The van der Waals surface area contributed by atoms with Crippen LogP contribution >= 0.6 is 11.6 Å². The van der Waals surface area contributed by atoms with E-state index < -0.39 is 8.07 Å². The standard InChI is InChI=1S/C18H26ClN5O3Si/c1-28(2,3)9-8-26-13-24-15(14-10-20-16(19)21-11-14)12-22-17(24)27-18(25)23-6-4-5-7-23/h10-12H,4-9,13H2,1-3H3. The van der Waals surface area contributed by atoms with Crippen molar-refractivity contribution in [1.29, 1.82) is 0 Å². The SMILES string of the molecule is C[Si](C)(C)CCOCn1c(-c2cnc(Cl)nc2)cnc1OC(=O)N1CCCC1. The average Bonchev–Trinajstić information content (AvgIpc) is 3.29. The van der Waals surface area contributed by atoms with E-state index in [1.165, 1.54) is 0 Å². The number of ether oxygens (including phenoxy) is 2. The Kier molecular flexibility index (Phi) is 6.68. The van der Waals surface area contributed by atoms with Crippen LogP contribution in [0.15, 0.2) is 18.6 Å². The topological polar surface area (TPSA) is 82.4 Å². The second kappa shape index (κ2) is 9.02. The Balaban J connectivity index is 1.77. The number of likely N-dealkylation sites (tertiary alicyclic amines) is 1. The Hall–Kier alpha value is -1.97. The number of hydrogen-bond acceptors (Lipinski definition) is 6. The minimum Gasteiger partial charge on any atom is -0.375 e. The molecule has 1 aliphatic heterocycles. The Morgan fingerprint density at radius 2 is 1.82 bits per heavy atom. The normalized spacial score (nSPS) is 14.5. The summed E-state index contributed by atoms with van der Waals surface area (Å²) in [6.45, 7) is 9.19. The smallest absolute Gasteiger partial charge is 0.375 e. The largest absolute Gasteiger partial charge is 0.417 e. The van der Waals surface area contributed by atoms with Crippen molar-refractivity contribution in [3.63, 3.8) is 0 Å². The summed E-state index contributed by atoms with van der Waals surface area (Å²) < 4.78 is 13.2. The van der Waals surface area contributed by atoms with Crippen molar-refractivity contribution in [2.24, 2.45) is 0 Å². The van der Waals surface area contributed by atoms with Crippen molar-refractivity contribution in [3.8, 4) is 17.3 Å². The van der Waals surface area contributed by atoms with Gasteiger partial charge in [0.2, 0.25) is 5.28 Å². The van der Waals surface area contributed by atoms with Crippen molar-refractivity contribution in [2.45, 2.75) is 45.3 Å². The van der Waals surface area contributed by atoms with E-state index in [-0.39, 0.29) is 24.1 Å². The van der Waals surface area contributed by atoms with Crippen LogP contribution in [0.25, 0.3) is 11.3 Å². The first-order chi connectivity index (χ1) is 13.3. The van der Waals surface area contributed by atoms with Crippen molar-refractivity contribution >= 4 is 25.8 Å². The van der Waals surface area contributed by atoms with Gasteiger partial charge >= 0.3 is 12.1 Å². The van der Waals surface area contributed by atoms with Gasteiger partial charge in [0.15, 0.2) is 0 Å². The molecule has 3 heterocycles. The van der Waals surface area contributed by atoms with Crippen molar-refractivity contribution in [3.05, 3.63) is 23.9 Å². The van der Waals surface area contributed by atoms with Crippen LogP contribution < -0.4 is 4.74 Å². The van der Waals surface area contributed by atoms with Crippen LogP contribution in [-0.4, -0.2) is 58.3 Å². The number of carbonyl (C=O) groups is 1. The van der Waals surface area contributed by atoms with E-state index in [0.717, 1.165) is 18.9 Å². The maximum absolute atomic E-state index is 12.4. The average molecular weight is 424 g/mol. The van der Waals surface area contributed by atoms with E-state index in [2.05, 4.69) is 34.6 Å². The number of hydrogen-bond donors (Lipinski definition) is 0. The van der Waals surface area contributed by atoms with Gasteiger partial charge in [-0.2, -0.15) is 0 Å². The molecule has 28 heavy (non-hydrogen) atoms. The Bertz CT molecular complexity index is 801. The Morgan fingerprint density at radius 1 is 1.14 bits per heavy atom. The van der Waals surface area contributed by atoms with E-state index in [9.17, 15) is 4.79 Å². The third-order valence-electron chi connectivity index (χ3n) is 4.49.